The van der Waals surface area contributed by atoms with Gasteiger partial charge in [-0.3, -0.25) is 4.79 Å². The number of aryl methyl sites for hydroxylation is 2. The summed E-state index contributed by atoms with van der Waals surface area (Å²) in [7, 11) is 1.86. The molecule has 1 aromatic heterocycles. The number of anilines is 1. The lowest BCUT2D eigenvalue weighted by atomic mass is 10.1. The number of halogens is 1. The van der Waals surface area contributed by atoms with Gasteiger partial charge in [0.25, 0.3) is 0 Å². The number of ether oxygens (including phenoxy) is 1. The third-order valence-corrected chi connectivity index (χ3v) is 5.93. The van der Waals surface area contributed by atoms with E-state index in [4.69, 9.17) is 16.3 Å². The lowest BCUT2D eigenvalue weighted by molar-refractivity contribution is -0.113. The molecule has 152 valence electrons. The molecule has 1 N–H and O–H groups in total. The summed E-state index contributed by atoms with van der Waals surface area (Å²) in [5.74, 6) is 1.62. The Labute approximate surface area is 179 Å². The molecule has 0 saturated heterocycles. The summed E-state index contributed by atoms with van der Waals surface area (Å²) in [6.07, 6.45) is 0. The second kappa shape index (κ2) is 9.33. The fraction of sp³-hybridized carbons (Fsp3) is 0.286. The average Bonchev–Trinajstić information content (AvgIpc) is 3.04. The molecule has 3 aromatic rings. The van der Waals surface area contributed by atoms with E-state index in [0.717, 1.165) is 22.4 Å². The lowest BCUT2D eigenvalue weighted by Crippen LogP contribution is -2.15. The van der Waals surface area contributed by atoms with Crippen molar-refractivity contribution in [3.63, 3.8) is 0 Å². The highest BCUT2D eigenvalue weighted by atomic mass is 35.5. The minimum atomic E-state index is -0.128. The number of benzene rings is 2. The number of thioether (sulfide) groups is 1. The van der Waals surface area contributed by atoms with Crippen LogP contribution < -0.4 is 10.1 Å². The predicted octanol–water partition coefficient (Wildman–Crippen LogP) is 4.70. The predicted molar refractivity (Wildman–Crippen MR) is 117 cm³/mol. The summed E-state index contributed by atoms with van der Waals surface area (Å²) < 4.78 is 7.74. The molecule has 2 aromatic carbocycles. The Morgan fingerprint density at radius 3 is 2.79 bits per heavy atom. The number of amides is 1. The molecule has 0 atom stereocenters. The SMILES string of the molecule is Cc1ccc(C)c(OCc2nnc(SCC(=O)Nc3cccc(Cl)c3C)n2C)c1. The average molecular weight is 431 g/mol. The largest absolute Gasteiger partial charge is 0.485 e. The van der Waals surface area contributed by atoms with Crippen LogP contribution >= 0.6 is 23.4 Å². The van der Waals surface area contributed by atoms with Gasteiger partial charge in [-0.1, -0.05) is 41.6 Å². The topological polar surface area (TPSA) is 69.0 Å². The molecule has 1 amide bonds. The number of nitrogens with one attached hydrogen (secondary N) is 1. The number of hydrogen-bond acceptors (Lipinski definition) is 5. The van der Waals surface area contributed by atoms with Gasteiger partial charge < -0.3 is 14.6 Å². The van der Waals surface area contributed by atoms with Gasteiger partial charge >= 0.3 is 0 Å². The van der Waals surface area contributed by atoms with Crippen molar-refractivity contribution in [1.29, 1.82) is 0 Å². The van der Waals surface area contributed by atoms with E-state index in [0.29, 0.717) is 28.3 Å². The first kappa shape index (κ1) is 21.2. The van der Waals surface area contributed by atoms with E-state index in [-0.39, 0.29) is 11.7 Å². The molecule has 0 aliphatic carbocycles. The summed E-state index contributed by atoms with van der Waals surface area (Å²) in [5.41, 5.74) is 3.77. The molecule has 0 unspecified atom stereocenters. The van der Waals surface area contributed by atoms with E-state index in [1.165, 1.54) is 11.8 Å². The molecule has 0 aliphatic rings. The van der Waals surface area contributed by atoms with Gasteiger partial charge in [0.05, 0.1) is 5.75 Å². The molecule has 6 nitrogen and oxygen atoms in total. The van der Waals surface area contributed by atoms with E-state index < -0.39 is 0 Å². The highest BCUT2D eigenvalue weighted by molar-refractivity contribution is 7.99. The minimum absolute atomic E-state index is 0.128. The van der Waals surface area contributed by atoms with Crippen LogP contribution in [0.3, 0.4) is 0 Å². The first-order valence-corrected chi connectivity index (χ1v) is 10.5. The minimum Gasteiger partial charge on any atom is -0.485 e. The first-order valence-electron chi connectivity index (χ1n) is 9.11. The third-order valence-electron chi connectivity index (χ3n) is 4.50. The molecule has 1 heterocycles. The van der Waals surface area contributed by atoms with Crippen molar-refractivity contribution in [2.75, 3.05) is 11.1 Å². The van der Waals surface area contributed by atoms with Gasteiger partial charge in [0.2, 0.25) is 5.91 Å². The molecular weight excluding hydrogens is 408 g/mol. The Hall–Kier alpha value is -2.51. The van der Waals surface area contributed by atoms with Gasteiger partial charge in [-0.15, -0.1) is 10.2 Å². The zero-order chi connectivity index (χ0) is 21.0. The molecular formula is C21H23ClN4O2S. The van der Waals surface area contributed by atoms with Crippen LogP contribution in [0, 0.1) is 20.8 Å². The molecule has 0 aliphatic heterocycles. The van der Waals surface area contributed by atoms with Crippen LogP contribution in [0.2, 0.25) is 5.02 Å². The smallest absolute Gasteiger partial charge is 0.234 e. The fourth-order valence-corrected chi connectivity index (χ4v) is 3.57. The molecule has 0 bridgehead atoms. The van der Waals surface area contributed by atoms with Crippen molar-refractivity contribution >= 4 is 35.0 Å². The summed E-state index contributed by atoms with van der Waals surface area (Å²) in [5, 5.41) is 12.5. The second-order valence-electron chi connectivity index (χ2n) is 6.76. The zero-order valence-electron chi connectivity index (χ0n) is 16.8. The van der Waals surface area contributed by atoms with Crippen molar-refractivity contribution < 1.29 is 9.53 Å². The number of aromatic nitrogens is 3. The Morgan fingerprint density at radius 1 is 1.21 bits per heavy atom. The molecule has 0 radical (unpaired) electrons. The van der Waals surface area contributed by atoms with E-state index in [2.05, 4.69) is 21.6 Å². The number of rotatable bonds is 7. The van der Waals surface area contributed by atoms with Gasteiger partial charge in [0, 0.05) is 17.8 Å². The van der Waals surface area contributed by atoms with Crippen LogP contribution in [0.5, 0.6) is 5.75 Å². The van der Waals surface area contributed by atoms with Gasteiger partial charge in [-0.2, -0.15) is 0 Å². The Balaban J connectivity index is 1.57. The van der Waals surface area contributed by atoms with E-state index >= 15 is 0 Å². The van der Waals surface area contributed by atoms with E-state index in [1.54, 1.807) is 6.07 Å². The van der Waals surface area contributed by atoms with Crippen LogP contribution in [0.15, 0.2) is 41.6 Å². The summed E-state index contributed by atoms with van der Waals surface area (Å²) >= 11 is 7.42. The molecule has 29 heavy (non-hydrogen) atoms. The van der Waals surface area contributed by atoms with Crippen molar-refractivity contribution in [3.8, 4) is 5.75 Å². The summed E-state index contributed by atoms with van der Waals surface area (Å²) in [4.78, 5) is 12.3. The van der Waals surface area contributed by atoms with E-state index in [9.17, 15) is 4.79 Å². The van der Waals surface area contributed by atoms with Crippen LogP contribution in [-0.2, 0) is 18.4 Å². The molecule has 0 saturated carbocycles. The second-order valence-corrected chi connectivity index (χ2v) is 8.11. The number of nitrogens with zero attached hydrogens (tertiary/aromatic N) is 3. The molecule has 0 fully saturated rings. The van der Waals surface area contributed by atoms with Crippen molar-refractivity contribution in [3.05, 3.63) is 63.9 Å². The number of hydrogen-bond donors (Lipinski definition) is 1. The molecule has 3 rings (SSSR count). The van der Waals surface area contributed by atoms with Gasteiger partial charge in [0.15, 0.2) is 11.0 Å². The maximum absolute atomic E-state index is 12.3. The quantitative estimate of drug-likeness (QED) is 0.550. The number of carbonyl (C=O) groups excluding carboxylic acids is 1. The van der Waals surface area contributed by atoms with Gasteiger partial charge in [-0.25, -0.2) is 0 Å². The first-order chi connectivity index (χ1) is 13.8. The maximum Gasteiger partial charge on any atom is 0.234 e. The standard InChI is InChI=1S/C21H23ClN4O2S/c1-13-8-9-14(2)18(10-13)28-11-19-24-25-21(26(19)4)29-12-20(27)23-17-7-5-6-16(22)15(17)3/h5-10H,11-12H2,1-4H3,(H,23,27). The number of carbonyl (C=O) groups is 1. The zero-order valence-corrected chi connectivity index (χ0v) is 18.4. The monoisotopic (exact) mass is 430 g/mol. The van der Waals surface area contributed by atoms with Crippen LogP contribution in [0.1, 0.15) is 22.5 Å². The molecule has 8 heteroatoms. The normalized spacial score (nSPS) is 10.8. The summed E-state index contributed by atoms with van der Waals surface area (Å²) in [6.45, 7) is 6.21. The van der Waals surface area contributed by atoms with E-state index in [1.807, 2.05) is 56.7 Å². The molecule has 0 spiro atoms. The maximum atomic E-state index is 12.3. The highest BCUT2D eigenvalue weighted by Crippen LogP contribution is 2.24. The Morgan fingerprint density at radius 2 is 2.00 bits per heavy atom. The highest BCUT2D eigenvalue weighted by Gasteiger charge is 2.13. The van der Waals surface area contributed by atoms with Crippen LogP contribution in [-0.4, -0.2) is 26.4 Å². The van der Waals surface area contributed by atoms with Gasteiger partial charge in [0.1, 0.15) is 12.4 Å². The van der Waals surface area contributed by atoms with Gasteiger partial charge in [-0.05, 0) is 55.7 Å². The fourth-order valence-electron chi connectivity index (χ4n) is 2.66. The Kier molecular flexibility index (Phi) is 6.82. The van der Waals surface area contributed by atoms with Crippen LogP contribution in [0.25, 0.3) is 0 Å². The van der Waals surface area contributed by atoms with Crippen LogP contribution in [0.4, 0.5) is 5.69 Å². The lowest BCUT2D eigenvalue weighted by Gasteiger charge is -2.10. The van der Waals surface area contributed by atoms with Crippen molar-refractivity contribution in [1.82, 2.24) is 14.8 Å². The summed E-state index contributed by atoms with van der Waals surface area (Å²) in [6, 6.07) is 11.5. The van der Waals surface area contributed by atoms with Crippen molar-refractivity contribution in [2.45, 2.75) is 32.5 Å². The Bertz CT molecular complexity index is 1040. The third kappa shape index (κ3) is 5.31. The van der Waals surface area contributed by atoms with Crippen molar-refractivity contribution in [2.24, 2.45) is 7.05 Å².